The molecule has 1 aromatic rings. The van der Waals surface area contributed by atoms with Gasteiger partial charge in [0.1, 0.15) is 5.69 Å². The fourth-order valence-corrected chi connectivity index (χ4v) is 1.12. The minimum absolute atomic E-state index is 0.0214. The lowest BCUT2D eigenvalue weighted by atomic mass is 10.1. The van der Waals surface area contributed by atoms with Gasteiger partial charge in [0.25, 0.3) is 6.43 Å². The lowest BCUT2D eigenvalue weighted by molar-refractivity contribution is 0.145. The van der Waals surface area contributed by atoms with E-state index in [9.17, 15) is 8.78 Å². The maximum Gasteiger partial charge on any atom is 0.280 e. The van der Waals surface area contributed by atoms with Crippen LogP contribution in [0.1, 0.15) is 17.7 Å². The van der Waals surface area contributed by atoms with Crippen LogP contribution in [-0.4, -0.2) is 12.1 Å². The summed E-state index contributed by atoms with van der Waals surface area (Å²) in [5.41, 5.74) is 5.50. The van der Waals surface area contributed by atoms with Crippen molar-refractivity contribution in [2.75, 3.05) is 12.8 Å². The van der Waals surface area contributed by atoms with Crippen LogP contribution in [0.4, 0.5) is 14.5 Å². The van der Waals surface area contributed by atoms with Gasteiger partial charge >= 0.3 is 0 Å². The summed E-state index contributed by atoms with van der Waals surface area (Å²) in [4.78, 5) is 3.57. The molecule has 0 aromatic carbocycles. The number of nitrogens with two attached hydrogens (primary N) is 1. The third kappa shape index (κ3) is 2.31. The van der Waals surface area contributed by atoms with E-state index in [2.05, 4.69) is 4.98 Å². The van der Waals surface area contributed by atoms with E-state index in [1.807, 2.05) is 6.07 Å². The van der Waals surface area contributed by atoms with Gasteiger partial charge in [-0.05, 0) is 6.07 Å². The van der Waals surface area contributed by atoms with Crippen molar-refractivity contribution in [2.24, 2.45) is 0 Å². The zero-order chi connectivity index (χ0) is 11.4. The van der Waals surface area contributed by atoms with Gasteiger partial charge in [0.05, 0.1) is 25.2 Å². The molecular weight excluding hydrogens is 204 g/mol. The Morgan fingerprint density at radius 3 is 2.80 bits per heavy atom. The zero-order valence-electron chi connectivity index (χ0n) is 8.00. The zero-order valence-corrected chi connectivity index (χ0v) is 8.00. The Labute approximate surface area is 85.3 Å². The summed E-state index contributed by atoms with van der Waals surface area (Å²) in [6.07, 6.45) is -2.73. The van der Waals surface area contributed by atoms with Crippen LogP contribution >= 0.6 is 0 Å². The molecule has 0 bridgehead atoms. The summed E-state index contributed by atoms with van der Waals surface area (Å²) >= 11 is 0. The number of nitriles is 1. The highest BCUT2D eigenvalue weighted by molar-refractivity contribution is 5.53. The number of pyridine rings is 1. The van der Waals surface area contributed by atoms with E-state index in [0.717, 1.165) is 6.07 Å². The molecule has 0 aliphatic heterocycles. The Morgan fingerprint density at radius 2 is 2.33 bits per heavy atom. The summed E-state index contributed by atoms with van der Waals surface area (Å²) in [7, 11) is 1.29. The predicted molar refractivity (Wildman–Crippen MR) is 49.5 cm³/mol. The number of nitrogen functional groups attached to an aromatic ring is 1. The van der Waals surface area contributed by atoms with Gasteiger partial charge in [-0.25, -0.2) is 13.8 Å². The van der Waals surface area contributed by atoms with Crippen molar-refractivity contribution in [1.82, 2.24) is 4.98 Å². The second kappa shape index (κ2) is 4.55. The number of nitrogens with zero attached hydrogens (tertiary/aromatic N) is 2. The molecule has 0 atom stereocenters. The van der Waals surface area contributed by atoms with Gasteiger partial charge in [0.15, 0.2) is 0 Å². The molecule has 0 radical (unpaired) electrons. The van der Waals surface area contributed by atoms with Gasteiger partial charge in [-0.2, -0.15) is 5.26 Å². The highest BCUT2D eigenvalue weighted by Crippen LogP contribution is 2.28. The molecule has 2 N–H and O–H groups in total. The number of ether oxygens (including phenoxy) is 1. The Kier molecular flexibility index (Phi) is 3.39. The fourth-order valence-electron chi connectivity index (χ4n) is 1.12. The Balaban J connectivity index is 3.25. The first-order valence-electron chi connectivity index (χ1n) is 4.08. The molecule has 0 aliphatic carbocycles. The van der Waals surface area contributed by atoms with E-state index in [1.165, 1.54) is 7.11 Å². The summed E-state index contributed by atoms with van der Waals surface area (Å²) in [5.74, 6) is -0.0214. The van der Waals surface area contributed by atoms with Crippen LogP contribution in [0.3, 0.4) is 0 Å². The second-order valence-corrected chi connectivity index (χ2v) is 2.76. The fraction of sp³-hybridized carbons (Fsp3) is 0.333. The lowest BCUT2D eigenvalue weighted by Crippen LogP contribution is -2.03. The van der Waals surface area contributed by atoms with Gasteiger partial charge in [0.2, 0.25) is 5.88 Å². The molecule has 0 saturated carbocycles. The van der Waals surface area contributed by atoms with Crippen LogP contribution in [0.15, 0.2) is 6.07 Å². The van der Waals surface area contributed by atoms with E-state index in [4.69, 9.17) is 15.7 Å². The smallest absolute Gasteiger partial charge is 0.280 e. The van der Waals surface area contributed by atoms with E-state index in [-0.39, 0.29) is 18.0 Å². The van der Waals surface area contributed by atoms with Crippen molar-refractivity contribution in [3.8, 4) is 11.9 Å². The molecular formula is C9H9F2N3O. The largest absolute Gasteiger partial charge is 0.481 e. The van der Waals surface area contributed by atoms with E-state index in [1.54, 1.807) is 0 Å². The number of hydrogen-bond donors (Lipinski definition) is 1. The Hall–Kier alpha value is -1.90. The highest BCUT2D eigenvalue weighted by atomic mass is 19.3. The first kappa shape index (κ1) is 11.2. The third-order valence-corrected chi connectivity index (χ3v) is 1.81. The SMILES string of the molecule is COc1nc(C(F)F)cc(N)c1CC#N. The summed E-state index contributed by atoms with van der Waals surface area (Å²) < 4.78 is 29.5. The molecule has 0 fully saturated rings. The van der Waals surface area contributed by atoms with Gasteiger partial charge in [-0.3, -0.25) is 0 Å². The van der Waals surface area contributed by atoms with Gasteiger partial charge < -0.3 is 10.5 Å². The van der Waals surface area contributed by atoms with Crippen LogP contribution in [0.25, 0.3) is 0 Å². The van der Waals surface area contributed by atoms with Crippen LogP contribution in [0.5, 0.6) is 5.88 Å². The first-order chi connectivity index (χ1) is 7.10. The quantitative estimate of drug-likeness (QED) is 0.828. The standard InChI is InChI=1S/C9H9F2N3O/c1-15-9-5(2-3-12)6(13)4-7(14-9)8(10)11/h4,8H,2H2,1H3,(H2,13,14). The predicted octanol–water partition coefficient (Wildman–Crippen LogP) is 1.68. The monoisotopic (exact) mass is 213 g/mol. The molecule has 1 heterocycles. The molecule has 0 amide bonds. The van der Waals surface area contributed by atoms with E-state index in [0.29, 0.717) is 5.56 Å². The normalized spacial score (nSPS) is 10.1. The first-order valence-corrected chi connectivity index (χ1v) is 4.08. The van der Waals surface area contributed by atoms with Gasteiger partial charge in [0, 0.05) is 5.69 Å². The molecule has 0 saturated heterocycles. The highest BCUT2D eigenvalue weighted by Gasteiger charge is 2.16. The Morgan fingerprint density at radius 1 is 1.67 bits per heavy atom. The number of rotatable bonds is 3. The van der Waals surface area contributed by atoms with Crippen LogP contribution in [-0.2, 0) is 6.42 Å². The van der Waals surface area contributed by atoms with E-state index >= 15 is 0 Å². The summed E-state index contributed by atoms with van der Waals surface area (Å²) in [5, 5.41) is 8.51. The number of alkyl halides is 2. The van der Waals surface area contributed by atoms with Crippen molar-refractivity contribution in [3.63, 3.8) is 0 Å². The summed E-state index contributed by atoms with van der Waals surface area (Å²) in [6, 6.07) is 2.92. The molecule has 1 aromatic heterocycles. The third-order valence-electron chi connectivity index (χ3n) is 1.81. The van der Waals surface area contributed by atoms with Crippen LogP contribution in [0, 0.1) is 11.3 Å². The topological polar surface area (TPSA) is 71.9 Å². The lowest BCUT2D eigenvalue weighted by Gasteiger charge is -2.09. The van der Waals surface area contributed by atoms with Crippen molar-refractivity contribution < 1.29 is 13.5 Å². The van der Waals surface area contributed by atoms with Gasteiger partial charge in [-0.1, -0.05) is 0 Å². The average Bonchev–Trinajstić information content (AvgIpc) is 2.20. The number of halogens is 2. The maximum atomic E-state index is 12.3. The van der Waals surface area contributed by atoms with Crippen molar-refractivity contribution >= 4 is 5.69 Å². The molecule has 0 aliphatic rings. The Bertz CT molecular complexity index is 401. The second-order valence-electron chi connectivity index (χ2n) is 2.76. The molecule has 4 nitrogen and oxygen atoms in total. The average molecular weight is 213 g/mol. The van der Waals surface area contributed by atoms with E-state index < -0.39 is 12.1 Å². The molecule has 1 rings (SSSR count). The van der Waals surface area contributed by atoms with Crippen LogP contribution in [0.2, 0.25) is 0 Å². The van der Waals surface area contributed by atoms with Crippen molar-refractivity contribution in [3.05, 3.63) is 17.3 Å². The molecule has 15 heavy (non-hydrogen) atoms. The molecule has 80 valence electrons. The number of anilines is 1. The molecule has 0 unspecified atom stereocenters. The van der Waals surface area contributed by atoms with Crippen molar-refractivity contribution in [2.45, 2.75) is 12.8 Å². The van der Waals surface area contributed by atoms with Gasteiger partial charge in [-0.15, -0.1) is 0 Å². The number of hydrogen-bond acceptors (Lipinski definition) is 4. The summed E-state index contributed by atoms with van der Waals surface area (Å²) in [6.45, 7) is 0. The molecule has 6 heteroatoms. The number of methoxy groups -OCH3 is 1. The number of aromatic nitrogens is 1. The van der Waals surface area contributed by atoms with Crippen LogP contribution < -0.4 is 10.5 Å². The minimum Gasteiger partial charge on any atom is -0.481 e. The van der Waals surface area contributed by atoms with Crippen molar-refractivity contribution in [1.29, 1.82) is 5.26 Å². The minimum atomic E-state index is -2.71. The molecule has 0 spiro atoms. The maximum absolute atomic E-state index is 12.3.